The van der Waals surface area contributed by atoms with Crippen LogP contribution in [-0.2, 0) is 88.0 Å². The highest BCUT2D eigenvalue weighted by Crippen LogP contribution is 2.26. The van der Waals surface area contributed by atoms with Crippen LogP contribution in [0.1, 0.15) is 152 Å². The Labute approximate surface area is 649 Å². The molecule has 4 rings (SSSR count). The van der Waals surface area contributed by atoms with Gasteiger partial charge in [0, 0.05) is 60.8 Å². The van der Waals surface area contributed by atoms with Crippen molar-refractivity contribution in [3.63, 3.8) is 0 Å². The summed E-state index contributed by atoms with van der Waals surface area (Å²) in [6.07, 6.45) is 2.29. The number of carbonyl (C=O) groups is 15. The summed E-state index contributed by atoms with van der Waals surface area (Å²) in [5.41, 5.74) is 6.27. The smallest absolute Gasteiger partial charge is 0.426 e. The lowest BCUT2D eigenvalue weighted by Crippen LogP contribution is -2.59. The molecular formula is C71H104N14O22S3. The van der Waals surface area contributed by atoms with Gasteiger partial charge in [0.2, 0.25) is 35.4 Å². The number of nitrogens with zero attached hydrogens (tertiary/aromatic N) is 3. The molecule has 0 saturated carbocycles. The summed E-state index contributed by atoms with van der Waals surface area (Å²) < 4.78 is 10.9. The van der Waals surface area contributed by atoms with Gasteiger partial charge in [-0.3, -0.25) is 58.3 Å². The van der Waals surface area contributed by atoms with Gasteiger partial charge < -0.3 is 87.8 Å². The second-order valence-electron chi connectivity index (χ2n) is 26.9. The van der Waals surface area contributed by atoms with Gasteiger partial charge in [-0.2, -0.15) is 0 Å². The van der Waals surface area contributed by atoms with Crippen LogP contribution in [0.5, 0.6) is 5.75 Å². The number of hydrogen-bond acceptors (Lipinski definition) is 23. The van der Waals surface area contributed by atoms with E-state index < -0.39 is 138 Å². The third-order valence-electron chi connectivity index (χ3n) is 17.7. The molecule has 0 aliphatic carbocycles. The minimum atomic E-state index is -1.68. The Morgan fingerprint density at radius 3 is 1.98 bits per heavy atom. The van der Waals surface area contributed by atoms with Gasteiger partial charge in [0.15, 0.2) is 6.73 Å². The van der Waals surface area contributed by atoms with Crippen LogP contribution in [0, 0.1) is 17.8 Å². The molecule has 1 aliphatic heterocycles. The zero-order valence-corrected chi connectivity index (χ0v) is 65.5. The average Bonchev–Trinajstić information content (AvgIpc) is 1.06. The standard InChI is InChI=1S/C71H104N14O22S3/c1-10-14-58(90)107-38-85(65(96)59(40(5)11-2)81-64(95)54-15-12-13-28-84(54)9)53(39(3)4)24-25-56-78-51(36-108-56)63(94)76-47(32-44-20-22-48(86)23-21-44)31-41(6)60(91)82-83-71(105)106-29-30-109-110-37-52(68(101)102)79-61(92)42(7)74-62(93)50(34-57(88)89)77-55(87)33-45-16-18-46(19-17-45)35-73-69(103)72-27-26-49(67(99)100)80-70(104)75-43(8)66(97)98/h16-23,36,39-43,47,49-50,52-54,59,86H,10-15,24-35,37-38H2,1-9H3,(H,74,93)(H,76,94)(H,77,87)(H,79,92)(H,81,95)(H,82,91)(H,83,105)(H,88,89)(H,97,98)(H,99,100)(H,101,102)(H2,72,73,103)(H2,75,80,104)/t40?,41-,42-,43-,47+,49+,50-,52+,53+,54+,59-/m0/s1. The van der Waals surface area contributed by atoms with Crippen molar-refractivity contribution in [3.05, 3.63) is 81.3 Å². The third-order valence-corrected chi connectivity index (χ3v) is 21.0. The number of esters is 1. The Morgan fingerprint density at radius 2 is 1.35 bits per heavy atom. The predicted octanol–water partition coefficient (Wildman–Crippen LogP) is 3.15. The summed E-state index contributed by atoms with van der Waals surface area (Å²) in [6.45, 7) is 13.6. The van der Waals surface area contributed by atoms with Crippen LogP contribution in [0.3, 0.4) is 0 Å². The number of phenols is 1. The summed E-state index contributed by atoms with van der Waals surface area (Å²) in [4.78, 5) is 200. The van der Waals surface area contributed by atoms with E-state index in [4.69, 9.17) is 14.6 Å². The molecule has 16 N–H and O–H groups in total. The highest BCUT2D eigenvalue weighted by molar-refractivity contribution is 8.76. The van der Waals surface area contributed by atoms with Crippen molar-refractivity contribution in [3.8, 4) is 5.75 Å². The van der Waals surface area contributed by atoms with E-state index in [1.807, 2.05) is 46.6 Å². The number of likely N-dealkylation sites (N-methyl/N-ethyl adjacent to an activating group) is 1. The molecule has 2 heterocycles. The minimum Gasteiger partial charge on any atom is -0.508 e. The number of rotatable bonds is 46. The number of carboxylic acid groups (broad SMARTS) is 4. The molecule has 608 valence electrons. The Balaban J connectivity index is 1.23. The minimum absolute atomic E-state index is 0.0159. The maximum absolute atomic E-state index is 14.8. The Morgan fingerprint density at radius 1 is 0.682 bits per heavy atom. The molecule has 1 aliphatic rings. The summed E-state index contributed by atoms with van der Waals surface area (Å²) in [5.74, 6) is -12.1. The normalized spacial score (nSPS) is 15.4. The number of amides is 12. The van der Waals surface area contributed by atoms with Crippen molar-refractivity contribution in [2.45, 2.75) is 200 Å². The zero-order valence-electron chi connectivity index (χ0n) is 63.0. The van der Waals surface area contributed by atoms with E-state index in [0.717, 1.165) is 46.5 Å². The molecule has 110 heavy (non-hydrogen) atoms. The van der Waals surface area contributed by atoms with E-state index in [0.29, 0.717) is 48.2 Å². The zero-order chi connectivity index (χ0) is 81.7. The highest BCUT2D eigenvalue weighted by atomic mass is 33.1. The van der Waals surface area contributed by atoms with Gasteiger partial charge >= 0.3 is 48.0 Å². The molecule has 0 spiro atoms. The van der Waals surface area contributed by atoms with Crippen LogP contribution >= 0.6 is 32.9 Å². The molecule has 0 radical (unpaired) electrons. The van der Waals surface area contributed by atoms with Gasteiger partial charge in [0.1, 0.15) is 54.3 Å². The molecule has 1 saturated heterocycles. The molecule has 1 aromatic heterocycles. The molecule has 1 unspecified atom stereocenters. The number of phenolic OH excluding ortho intramolecular Hbond substituents is 1. The highest BCUT2D eigenvalue weighted by Gasteiger charge is 2.39. The van der Waals surface area contributed by atoms with Crippen LogP contribution in [0.15, 0.2) is 53.9 Å². The lowest BCUT2D eigenvalue weighted by Gasteiger charge is -2.39. The molecule has 39 heteroatoms. The number of hydrazine groups is 1. The summed E-state index contributed by atoms with van der Waals surface area (Å²) >= 11 is 1.24. The van der Waals surface area contributed by atoms with Crippen molar-refractivity contribution < 1.29 is 107 Å². The lowest BCUT2D eigenvalue weighted by atomic mass is 9.93. The Hall–Kier alpha value is -10.0. The number of aromatic hydroxyl groups is 1. The first kappa shape index (κ1) is 92.4. The van der Waals surface area contributed by atoms with Crippen molar-refractivity contribution in [2.24, 2.45) is 17.8 Å². The number of aromatic nitrogens is 1. The van der Waals surface area contributed by atoms with E-state index in [-0.39, 0.29) is 111 Å². The number of carboxylic acids is 4. The first-order valence-electron chi connectivity index (χ1n) is 36.0. The summed E-state index contributed by atoms with van der Waals surface area (Å²) in [7, 11) is 3.96. The first-order valence-corrected chi connectivity index (χ1v) is 39.4. The maximum atomic E-state index is 14.8. The number of benzene rings is 2. The number of nitrogens with one attached hydrogen (secondary N) is 11. The van der Waals surface area contributed by atoms with E-state index in [1.165, 1.54) is 49.4 Å². The number of thiazole rings is 1. The largest absolute Gasteiger partial charge is 0.508 e. The molecule has 11 atom stereocenters. The lowest BCUT2D eigenvalue weighted by molar-refractivity contribution is -0.159. The van der Waals surface area contributed by atoms with E-state index in [2.05, 4.69) is 63.7 Å². The fourth-order valence-corrected chi connectivity index (χ4v) is 13.9. The Bertz CT molecular complexity index is 3610. The van der Waals surface area contributed by atoms with Crippen molar-refractivity contribution >= 4 is 122 Å². The molecule has 3 aromatic rings. The van der Waals surface area contributed by atoms with Crippen molar-refractivity contribution in [1.82, 2.24) is 73.5 Å². The average molecular weight is 1600 g/mol. The number of aryl methyl sites for hydroxylation is 1. The summed E-state index contributed by atoms with van der Waals surface area (Å²) in [6, 6.07) is 0.942. The van der Waals surface area contributed by atoms with E-state index in [1.54, 1.807) is 41.5 Å². The number of urea groups is 2. The molecule has 36 nitrogen and oxygen atoms in total. The van der Waals surface area contributed by atoms with Crippen molar-refractivity contribution in [2.75, 3.05) is 45.0 Å². The van der Waals surface area contributed by atoms with Gasteiger partial charge in [-0.05, 0) is 113 Å². The number of piperidine rings is 1. The van der Waals surface area contributed by atoms with E-state index in [9.17, 15) is 92.3 Å². The fourth-order valence-electron chi connectivity index (χ4n) is 11.2. The Kier molecular flexibility index (Phi) is 40.1. The molecular weight excluding hydrogens is 1500 g/mol. The van der Waals surface area contributed by atoms with Gasteiger partial charge in [0.05, 0.1) is 23.9 Å². The second-order valence-corrected chi connectivity index (χ2v) is 30.5. The monoisotopic (exact) mass is 1600 g/mol. The molecule has 1 fully saturated rings. The topological polar surface area (TPSA) is 527 Å². The second kappa shape index (κ2) is 47.8. The van der Waals surface area contributed by atoms with E-state index >= 15 is 0 Å². The predicted molar refractivity (Wildman–Crippen MR) is 404 cm³/mol. The van der Waals surface area contributed by atoms with Gasteiger partial charge in [0.25, 0.3) is 5.91 Å². The van der Waals surface area contributed by atoms with Crippen molar-refractivity contribution in [1.29, 1.82) is 0 Å². The number of aliphatic carboxylic acids is 4. The molecule has 2 aromatic carbocycles. The maximum Gasteiger partial charge on any atom is 0.426 e. The van der Waals surface area contributed by atoms with Crippen LogP contribution in [0.4, 0.5) is 14.4 Å². The van der Waals surface area contributed by atoms with Gasteiger partial charge in [-0.1, -0.05) is 112 Å². The van der Waals surface area contributed by atoms with Crippen LogP contribution in [0.2, 0.25) is 0 Å². The quantitative estimate of drug-likeness (QED) is 0.0127. The third kappa shape index (κ3) is 33.4. The number of likely N-dealkylation sites (tertiary alicyclic amines) is 1. The van der Waals surface area contributed by atoms with Crippen LogP contribution < -0.4 is 58.7 Å². The van der Waals surface area contributed by atoms with Crippen LogP contribution in [-0.4, -0.2) is 229 Å². The number of carbonyl (C=O) groups excluding carboxylic acids is 11. The number of ether oxygens (including phenoxy) is 2. The first-order chi connectivity index (χ1) is 52.1. The van der Waals surface area contributed by atoms with Gasteiger partial charge in [-0.15, -0.1) is 11.3 Å². The fraction of sp³-hybridized carbons (Fsp3) is 0.577. The molecule has 0 bridgehead atoms. The number of hydrogen-bond donors (Lipinski definition) is 16. The van der Waals surface area contributed by atoms with Gasteiger partial charge in [-0.25, -0.2) is 34.4 Å². The molecule has 12 amide bonds. The summed E-state index contributed by atoms with van der Waals surface area (Å²) in [5, 5.41) is 72.1. The van der Waals surface area contributed by atoms with Crippen LogP contribution in [0.25, 0.3) is 0 Å². The SMILES string of the molecule is CCCC(=O)OCN(C(=O)[C@@H](NC(=O)[C@H]1CCCCN1C)C(C)CC)[C@H](CCc1nc(C(=O)N[C@@H](Cc2ccc(O)cc2)C[C@H](C)C(=O)NNC(=O)OCCSSC[C@@H](NC(=O)[C@H](C)NC(=O)[C@H](CC(=O)O)NC(=O)Cc2ccc(CNC(=O)NCC[C@@H](NC(=O)N[C@@H](C)C(=O)O)C(=O)O)cc2)C(=O)O)cs1)C(C)C.